The third-order valence-corrected chi connectivity index (χ3v) is 2.36. The van der Waals surface area contributed by atoms with Gasteiger partial charge < -0.3 is 21.5 Å². The Bertz CT molecular complexity index is 460. The monoisotopic (exact) mass is 251 g/mol. The zero-order chi connectivity index (χ0) is 13.7. The van der Waals surface area contributed by atoms with Crippen molar-refractivity contribution in [3.05, 3.63) is 23.8 Å². The second kappa shape index (κ2) is 5.90. The number of nitrogens with one attached hydrogen (secondary N) is 1. The molecular weight excluding hydrogens is 234 g/mol. The van der Waals surface area contributed by atoms with Gasteiger partial charge in [-0.15, -0.1) is 0 Å². The fraction of sp³-hybridized carbons (Fsp3) is 0.333. The topological polar surface area (TPSA) is 107 Å². The summed E-state index contributed by atoms with van der Waals surface area (Å²) in [5.74, 6) is -0.941. The zero-order valence-corrected chi connectivity index (χ0v) is 10.4. The minimum atomic E-state index is -0.579. The Morgan fingerprint density at radius 1 is 1.44 bits per heavy atom. The first kappa shape index (κ1) is 13.8. The summed E-state index contributed by atoms with van der Waals surface area (Å²) in [7, 11) is 0. The van der Waals surface area contributed by atoms with Crippen molar-refractivity contribution in [1.82, 2.24) is 0 Å². The first-order valence-electron chi connectivity index (χ1n) is 5.58. The Morgan fingerprint density at radius 2 is 2.11 bits per heavy atom. The largest absolute Gasteiger partial charge is 0.462 e. The fourth-order valence-electron chi connectivity index (χ4n) is 1.33. The zero-order valence-electron chi connectivity index (χ0n) is 10.4. The van der Waals surface area contributed by atoms with E-state index >= 15 is 0 Å². The number of carbonyl (C=O) groups is 2. The molecule has 0 saturated heterocycles. The van der Waals surface area contributed by atoms with Crippen LogP contribution in [0.25, 0.3) is 0 Å². The van der Waals surface area contributed by atoms with E-state index in [9.17, 15) is 9.59 Å². The lowest BCUT2D eigenvalue weighted by Gasteiger charge is -2.14. The third-order valence-electron chi connectivity index (χ3n) is 2.36. The normalized spacial score (nSPS) is 11.7. The SMILES string of the molecule is CCOC(=O)c1ccc(N)c(NC(C)C(N)=O)c1. The van der Waals surface area contributed by atoms with Crippen LogP contribution in [-0.4, -0.2) is 24.5 Å². The number of nitrogens with two attached hydrogens (primary N) is 2. The molecule has 6 heteroatoms. The van der Waals surface area contributed by atoms with Gasteiger partial charge >= 0.3 is 5.97 Å². The quantitative estimate of drug-likeness (QED) is 0.528. The second-order valence-electron chi connectivity index (χ2n) is 3.79. The molecule has 0 bridgehead atoms. The molecule has 5 N–H and O–H groups in total. The summed E-state index contributed by atoms with van der Waals surface area (Å²) < 4.78 is 4.88. The van der Waals surface area contributed by atoms with Gasteiger partial charge in [-0.2, -0.15) is 0 Å². The van der Waals surface area contributed by atoms with Crippen LogP contribution in [0.2, 0.25) is 0 Å². The van der Waals surface area contributed by atoms with E-state index in [1.165, 1.54) is 6.07 Å². The van der Waals surface area contributed by atoms with Crippen LogP contribution in [0.4, 0.5) is 11.4 Å². The fourth-order valence-corrected chi connectivity index (χ4v) is 1.33. The van der Waals surface area contributed by atoms with Crippen molar-refractivity contribution in [3.63, 3.8) is 0 Å². The molecule has 1 aromatic carbocycles. The van der Waals surface area contributed by atoms with Gasteiger partial charge in [0, 0.05) is 0 Å². The molecule has 1 amide bonds. The number of anilines is 2. The summed E-state index contributed by atoms with van der Waals surface area (Å²) in [5.41, 5.74) is 12.2. The van der Waals surface area contributed by atoms with E-state index in [-0.39, 0.29) is 0 Å². The Hall–Kier alpha value is -2.24. The van der Waals surface area contributed by atoms with Crippen LogP contribution in [0.1, 0.15) is 24.2 Å². The molecular formula is C12H17N3O3. The van der Waals surface area contributed by atoms with E-state index in [1.54, 1.807) is 26.0 Å². The standard InChI is InChI=1S/C12H17N3O3/c1-3-18-12(17)8-4-5-9(13)10(6-8)15-7(2)11(14)16/h4-7,15H,3,13H2,1-2H3,(H2,14,16). The summed E-state index contributed by atoms with van der Waals surface area (Å²) in [5, 5.41) is 2.84. The number of rotatable bonds is 5. The number of ether oxygens (including phenoxy) is 1. The Balaban J connectivity index is 2.94. The van der Waals surface area contributed by atoms with Gasteiger partial charge in [0.05, 0.1) is 23.5 Å². The molecule has 1 aromatic rings. The molecule has 1 rings (SSSR count). The van der Waals surface area contributed by atoms with E-state index in [4.69, 9.17) is 16.2 Å². The van der Waals surface area contributed by atoms with Gasteiger partial charge in [-0.1, -0.05) is 0 Å². The Kier molecular flexibility index (Phi) is 4.53. The molecule has 1 atom stereocenters. The molecule has 0 aliphatic carbocycles. The first-order valence-corrected chi connectivity index (χ1v) is 5.58. The molecule has 0 radical (unpaired) electrons. The number of amides is 1. The average Bonchev–Trinajstić information content (AvgIpc) is 2.31. The molecule has 0 spiro atoms. The molecule has 0 saturated carbocycles. The highest BCUT2D eigenvalue weighted by molar-refractivity contribution is 5.92. The van der Waals surface area contributed by atoms with Crippen molar-refractivity contribution in [2.45, 2.75) is 19.9 Å². The van der Waals surface area contributed by atoms with Gasteiger partial charge in [0.1, 0.15) is 6.04 Å². The van der Waals surface area contributed by atoms with Gasteiger partial charge in [-0.25, -0.2) is 4.79 Å². The van der Waals surface area contributed by atoms with Crippen LogP contribution in [-0.2, 0) is 9.53 Å². The molecule has 0 aliphatic heterocycles. The predicted octanol–water partition coefficient (Wildman–Crippen LogP) is 0.731. The van der Waals surface area contributed by atoms with E-state index in [1.807, 2.05) is 0 Å². The molecule has 0 heterocycles. The number of nitrogen functional groups attached to an aromatic ring is 1. The number of esters is 1. The van der Waals surface area contributed by atoms with Crippen molar-refractivity contribution in [3.8, 4) is 0 Å². The van der Waals surface area contributed by atoms with Gasteiger partial charge in [-0.05, 0) is 32.0 Å². The maximum Gasteiger partial charge on any atom is 0.338 e. The van der Waals surface area contributed by atoms with Crippen LogP contribution < -0.4 is 16.8 Å². The Morgan fingerprint density at radius 3 is 2.67 bits per heavy atom. The lowest BCUT2D eigenvalue weighted by molar-refractivity contribution is -0.118. The van der Waals surface area contributed by atoms with Crippen molar-refractivity contribution in [2.24, 2.45) is 5.73 Å². The molecule has 6 nitrogen and oxygen atoms in total. The smallest absolute Gasteiger partial charge is 0.338 e. The van der Waals surface area contributed by atoms with Gasteiger partial charge in [0.25, 0.3) is 0 Å². The van der Waals surface area contributed by atoms with Crippen molar-refractivity contribution in [2.75, 3.05) is 17.7 Å². The van der Waals surface area contributed by atoms with Gasteiger partial charge in [0.15, 0.2) is 0 Å². The third kappa shape index (κ3) is 3.38. The molecule has 0 aliphatic rings. The maximum atomic E-state index is 11.5. The van der Waals surface area contributed by atoms with E-state index in [2.05, 4.69) is 5.32 Å². The van der Waals surface area contributed by atoms with Crippen LogP contribution >= 0.6 is 0 Å². The molecule has 0 fully saturated rings. The summed E-state index contributed by atoms with van der Waals surface area (Å²) >= 11 is 0. The summed E-state index contributed by atoms with van der Waals surface area (Å²) in [6, 6.07) is 4.09. The van der Waals surface area contributed by atoms with E-state index in [0.717, 1.165) is 0 Å². The highest BCUT2D eigenvalue weighted by Gasteiger charge is 2.13. The molecule has 1 unspecified atom stereocenters. The predicted molar refractivity (Wildman–Crippen MR) is 69.1 cm³/mol. The summed E-state index contributed by atoms with van der Waals surface area (Å²) in [6.07, 6.45) is 0. The minimum absolute atomic E-state index is 0.295. The van der Waals surface area contributed by atoms with E-state index < -0.39 is 17.9 Å². The lowest BCUT2D eigenvalue weighted by atomic mass is 10.1. The van der Waals surface area contributed by atoms with Crippen molar-refractivity contribution in [1.29, 1.82) is 0 Å². The average molecular weight is 251 g/mol. The van der Waals surface area contributed by atoms with Crippen LogP contribution in [0, 0.1) is 0 Å². The van der Waals surface area contributed by atoms with Crippen LogP contribution in [0.3, 0.4) is 0 Å². The lowest BCUT2D eigenvalue weighted by Crippen LogP contribution is -2.32. The van der Waals surface area contributed by atoms with Crippen LogP contribution in [0.15, 0.2) is 18.2 Å². The first-order chi connectivity index (χ1) is 8.45. The van der Waals surface area contributed by atoms with Gasteiger partial charge in [-0.3, -0.25) is 4.79 Å². The number of primary amides is 1. The Labute approximate surface area is 105 Å². The minimum Gasteiger partial charge on any atom is -0.462 e. The summed E-state index contributed by atoms with van der Waals surface area (Å²) in [6.45, 7) is 3.63. The van der Waals surface area contributed by atoms with Crippen molar-refractivity contribution >= 4 is 23.3 Å². The molecule has 98 valence electrons. The molecule has 0 aromatic heterocycles. The maximum absolute atomic E-state index is 11.5. The number of carbonyl (C=O) groups excluding carboxylic acids is 2. The van der Waals surface area contributed by atoms with Crippen molar-refractivity contribution < 1.29 is 14.3 Å². The second-order valence-corrected chi connectivity index (χ2v) is 3.79. The van der Waals surface area contributed by atoms with Gasteiger partial charge in [0.2, 0.25) is 5.91 Å². The van der Waals surface area contributed by atoms with E-state index in [0.29, 0.717) is 23.5 Å². The summed E-state index contributed by atoms with van der Waals surface area (Å²) in [4.78, 5) is 22.5. The highest BCUT2D eigenvalue weighted by atomic mass is 16.5. The highest BCUT2D eigenvalue weighted by Crippen LogP contribution is 2.21. The molecule has 18 heavy (non-hydrogen) atoms. The number of hydrogen-bond acceptors (Lipinski definition) is 5. The van der Waals surface area contributed by atoms with Crippen LogP contribution in [0.5, 0.6) is 0 Å². The number of hydrogen-bond donors (Lipinski definition) is 3. The number of benzene rings is 1.